The van der Waals surface area contributed by atoms with Crippen LogP contribution in [0.4, 0.5) is 18.9 Å². The number of nitrogens with zero attached hydrogens (tertiary/aromatic N) is 4. The van der Waals surface area contributed by atoms with Crippen molar-refractivity contribution in [1.29, 1.82) is 0 Å². The van der Waals surface area contributed by atoms with E-state index in [2.05, 4.69) is 10.2 Å². The lowest BCUT2D eigenvalue weighted by atomic mass is 9.73. The number of aryl methyl sites for hydroxylation is 1. The number of alkyl halides is 3. The van der Waals surface area contributed by atoms with Crippen LogP contribution in [-0.2, 0) is 35.3 Å². The van der Waals surface area contributed by atoms with Crippen molar-refractivity contribution in [3.05, 3.63) is 76.9 Å². The second-order valence-corrected chi connectivity index (χ2v) is 10.8. The average molecular weight is 527 g/mol. The summed E-state index contributed by atoms with van der Waals surface area (Å²) in [5.41, 5.74) is -0.465. The maximum absolute atomic E-state index is 14.3. The maximum atomic E-state index is 14.3. The molecule has 3 heterocycles. The van der Waals surface area contributed by atoms with Crippen molar-refractivity contribution in [2.24, 2.45) is 13.0 Å². The van der Waals surface area contributed by atoms with Gasteiger partial charge in [-0.05, 0) is 49.1 Å². The monoisotopic (exact) mass is 526 g/mol. The van der Waals surface area contributed by atoms with E-state index in [1.807, 2.05) is 56.7 Å². The van der Waals surface area contributed by atoms with Gasteiger partial charge in [-0.1, -0.05) is 44.9 Å². The first-order chi connectivity index (χ1) is 18.1. The van der Waals surface area contributed by atoms with Crippen molar-refractivity contribution in [2.45, 2.75) is 63.6 Å². The number of anilines is 1. The molecule has 1 aromatic heterocycles. The summed E-state index contributed by atoms with van der Waals surface area (Å²) in [5, 5.41) is 8.24. The number of hydrogen-bond donors (Lipinski definition) is 0. The highest BCUT2D eigenvalue weighted by Crippen LogP contribution is 2.53. The maximum Gasteiger partial charge on any atom is 0.416 e. The minimum absolute atomic E-state index is 0.0870. The van der Waals surface area contributed by atoms with E-state index < -0.39 is 23.2 Å². The number of aromatic nitrogens is 3. The van der Waals surface area contributed by atoms with Gasteiger partial charge in [-0.25, -0.2) is 0 Å². The minimum Gasteiger partial charge on any atom is -0.379 e. The second-order valence-electron chi connectivity index (χ2n) is 10.8. The Kier molecular flexibility index (Phi) is 6.62. The van der Waals surface area contributed by atoms with Crippen LogP contribution in [0.1, 0.15) is 72.9 Å². The van der Waals surface area contributed by atoms with Gasteiger partial charge in [0.25, 0.3) is 5.91 Å². The van der Waals surface area contributed by atoms with Crippen molar-refractivity contribution in [2.75, 3.05) is 18.1 Å². The first kappa shape index (κ1) is 26.4. The molecule has 1 amide bonds. The molecule has 3 aromatic rings. The van der Waals surface area contributed by atoms with Gasteiger partial charge in [-0.3, -0.25) is 9.69 Å². The summed E-state index contributed by atoms with van der Waals surface area (Å²) in [5.74, 6) is 0.258. The molecule has 1 fully saturated rings. The zero-order valence-electron chi connectivity index (χ0n) is 22.2. The minimum atomic E-state index is -4.57. The van der Waals surface area contributed by atoms with Crippen LogP contribution < -0.4 is 4.90 Å². The van der Waals surface area contributed by atoms with Crippen molar-refractivity contribution < 1.29 is 22.7 Å². The quantitative estimate of drug-likeness (QED) is 0.359. The van der Waals surface area contributed by atoms with E-state index in [-0.39, 0.29) is 22.5 Å². The highest BCUT2D eigenvalue weighted by Gasteiger charge is 2.55. The Morgan fingerprint density at radius 2 is 1.87 bits per heavy atom. The summed E-state index contributed by atoms with van der Waals surface area (Å²) in [4.78, 5) is 15.6. The smallest absolute Gasteiger partial charge is 0.379 e. The summed E-state index contributed by atoms with van der Waals surface area (Å²) < 4.78 is 50.5. The third kappa shape index (κ3) is 4.02. The number of ether oxygens (including phenoxy) is 1. The molecule has 0 spiro atoms. The van der Waals surface area contributed by atoms with E-state index >= 15 is 0 Å². The lowest BCUT2D eigenvalue weighted by Crippen LogP contribution is -2.50. The number of fused-ring (bicyclic) bond motifs is 1. The summed E-state index contributed by atoms with van der Waals surface area (Å²) >= 11 is 0. The molecule has 202 valence electrons. The molecule has 9 heteroatoms. The Labute approximate surface area is 220 Å². The molecule has 2 atom stereocenters. The molecular weight excluding hydrogens is 493 g/mol. The van der Waals surface area contributed by atoms with Gasteiger partial charge in [0.1, 0.15) is 12.2 Å². The Hall–Kier alpha value is -3.20. The van der Waals surface area contributed by atoms with Crippen LogP contribution in [0.15, 0.2) is 48.8 Å². The lowest BCUT2D eigenvalue weighted by Gasteiger charge is -2.45. The summed E-state index contributed by atoms with van der Waals surface area (Å²) in [7, 11) is 1.89. The van der Waals surface area contributed by atoms with Crippen molar-refractivity contribution in [3.8, 4) is 0 Å². The Morgan fingerprint density at radius 3 is 2.45 bits per heavy atom. The van der Waals surface area contributed by atoms with Crippen molar-refractivity contribution in [1.82, 2.24) is 14.8 Å². The molecule has 2 aliphatic rings. The number of rotatable bonds is 8. The van der Waals surface area contributed by atoms with Crippen LogP contribution in [0.3, 0.4) is 0 Å². The number of benzene rings is 2. The van der Waals surface area contributed by atoms with E-state index in [1.165, 1.54) is 12.1 Å². The zero-order chi connectivity index (χ0) is 27.3. The SMILES string of the molecule is CCCC(CC)C1(C)c2c(cccc2C(F)(F)F)C(=O)N1c1cccc(C2(Cc3nncn3C)COC2)c1. The number of amides is 1. The molecule has 5 rings (SSSR count). The van der Waals surface area contributed by atoms with Gasteiger partial charge >= 0.3 is 6.18 Å². The van der Waals surface area contributed by atoms with Crippen molar-refractivity contribution >= 4 is 11.6 Å². The van der Waals surface area contributed by atoms with E-state index in [9.17, 15) is 18.0 Å². The predicted octanol–water partition coefficient (Wildman–Crippen LogP) is 6.05. The molecule has 1 saturated heterocycles. The van der Waals surface area contributed by atoms with Gasteiger partial charge in [0, 0.05) is 35.7 Å². The van der Waals surface area contributed by atoms with Gasteiger partial charge in [0.15, 0.2) is 0 Å². The molecule has 0 N–H and O–H groups in total. The molecular formula is C29H33F3N4O2. The zero-order valence-corrected chi connectivity index (χ0v) is 22.2. The van der Waals surface area contributed by atoms with Crippen LogP contribution in [-0.4, -0.2) is 33.9 Å². The molecule has 2 aliphatic heterocycles. The molecule has 0 bridgehead atoms. The van der Waals surface area contributed by atoms with Gasteiger partial charge in [0.05, 0.1) is 24.3 Å². The molecule has 38 heavy (non-hydrogen) atoms. The van der Waals surface area contributed by atoms with E-state index in [4.69, 9.17) is 4.74 Å². The normalized spacial score (nSPS) is 21.3. The Morgan fingerprint density at radius 1 is 1.13 bits per heavy atom. The highest BCUT2D eigenvalue weighted by molar-refractivity contribution is 6.12. The standard InChI is InChI=1S/C29H33F3N4O2/c1-5-9-19(6-2)27(3)25-22(12-8-13-23(25)29(30,31)32)26(37)36(27)21-11-7-10-20(14-21)28(16-38-17-28)15-24-34-33-18-35(24)4/h7-8,10-14,18-19H,5-6,9,15-17H2,1-4H3. The van der Waals surface area contributed by atoms with Crippen LogP contribution in [0.2, 0.25) is 0 Å². The molecule has 0 saturated carbocycles. The van der Waals surface area contributed by atoms with Crippen LogP contribution >= 0.6 is 0 Å². The molecule has 2 aromatic carbocycles. The highest BCUT2D eigenvalue weighted by atomic mass is 19.4. The topological polar surface area (TPSA) is 60.2 Å². The third-order valence-electron chi connectivity index (χ3n) is 8.47. The van der Waals surface area contributed by atoms with E-state index in [1.54, 1.807) is 11.2 Å². The Balaban J connectivity index is 1.65. The van der Waals surface area contributed by atoms with E-state index in [0.29, 0.717) is 38.2 Å². The van der Waals surface area contributed by atoms with Gasteiger partial charge in [0.2, 0.25) is 0 Å². The number of carbonyl (C=O) groups is 1. The summed E-state index contributed by atoms with van der Waals surface area (Å²) in [6.07, 6.45) is -0.169. The first-order valence-corrected chi connectivity index (χ1v) is 13.1. The summed E-state index contributed by atoms with van der Waals surface area (Å²) in [6, 6.07) is 11.6. The molecule has 0 radical (unpaired) electrons. The fourth-order valence-corrected chi connectivity index (χ4v) is 6.42. The second kappa shape index (κ2) is 9.52. The number of halogens is 3. The van der Waals surface area contributed by atoms with Crippen LogP contribution in [0, 0.1) is 5.92 Å². The van der Waals surface area contributed by atoms with Crippen molar-refractivity contribution in [3.63, 3.8) is 0 Å². The van der Waals surface area contributed by atoms with Crippen LogP contribution in [0.25, 0.3) is 0 Å². The number of hydrogen-bond acceptors (Lipinski definition) is 4. The predicted molar refractivity (Wildman–Crippen MR) is 138 cm³/mol. The Bertz CT molecular complexity index is 1350. The first-order valence-electron chi connectivity index (χ1n) is 13.1. The molecule has 2 unspecified atom stereocenters. The van der Waals surface area contributed by atoms with Gasteiger partial charge < -0.3 is 9.30 Å². The third-order valence-corrected chi connectivity index (χ3v) is 8.47. The van der Waals surface area contributed by atoms with Crippen LogP contribution in [0.5, 0.6) is 0 Å². The fourth-order valence-electron chi connectivity index (χ4n) is 6.42. The van der Waals surface area contributed by atoms with Gasteiger partial charge in [-0.2, -0.15) is 13.2 Å². The lowest BCUT2D eigenvalue weighted by molar-refractivity contribution is -0.138. The van der Waals surface area contributed by atoms with Gasteiger partial charge in [-0.15, -0.1) is 10.2 Å². The molecule has 0 aliphatic carbocycles. The fraction of sp³-hybridized carbons (Fsp3) is 0.483. The molecule has 6 nitrogen and oxygen atoms in total. The average Bonchev–Trinajstić information content (AvgIpc) is 3.37. The largest absolute Gasteiger partial charge is 0.416 e. The van der Waals surface area contributed by atoms with E-state index in [0.717, 1.165) is 23.9 Å². The number of carbonyl (C=O) groups excluding carboxylic acids is 1. The summed E-state index contributed by atoms with van der Waals surface area (Å²) in [6.45, 7) is 6.79.